The molecule has 0 radical (unpaired) electrons. The number of pyridine rings is 1. The zero-order chi connectivity index (χ0) is 17.9. The van der Waals surface area contributed by atoms with Crippen LogP contribution in [-0.4, -0.2) is 24.7 Å². The van der Waals surface area contributed by atoms with Gasteiger partial charge in [0.2, 0.25) is 0 Å². The van der Waals surface area contributed by atoms with Crippen molar-refractivity contribution >= 4 is 22.3 Å². The molecule has 0 atom stereocenters. The highest BCUT2D eigenvalue weighted by molar-refractivity contribution is 5.93. The van der Waals surface area contributed by atoms with Gasteiger partial charge in [-0.25, -0.2) is 15.0 Å². The lowest BCUT2D eigenvalue weighted by Crippen LogP contribution is -1.98. The second-order valence-electron chi connectivity index (χ2n) is 6.00. The van der Waals surface area contributed by atoms with Crippen LogP contribution in [0.1, 0.15) is 11.4 Å². The molecule has 3 aromatic heterocycles. The highest BCUT2D eigenvalue weighted by Gasteiger charge is 2.06. The van der Waals surface area contributed by atoms with Gasteiger partial charge in [-0.3, -0.25) is 4.68 Å². The average molecular weight is 346 g/mol. The van der Waals surface area contributed by atoms with E-state index in [4.69, 9.17) is 4.74 Å². The summed E-state index contributed by atoms with van der Waals surface area (Å²) in [6, 6.07) is 7.91. The van der Waals surface area contributed by atoms with E-state index in [-0.39, 0.29) is 0 Å². The lowest BCUT2D eigenvalue weighted by atomic mass is 10.1. The average Bonchev–Trinajstić information content (AvgIpc) is 3.07. The number of ether oxygens (including phenoxy) is 1. The van der Waals surface area contributed by atoms with Gasteiger partial charge in [-0.15, -0.1) is 0 Å². The number of nitrogens with one attached hydrogen (secondary N) is 1. The van der Waals surface area contributed by atoms with Crippen LogP contribution in [0.25, 0.3) is 10.8 Å². The van der Waals surface area contributed by atoms with Gasteiger partial charge in [0.15, 0.2) is 0 Å². The molecule has 0 aliphatic heterocycles. The molecule has 0 spiro atoms. The fourth-order valence-corrected chi connectivity index (χ4v) is 2.65. The second kappa shape index (κ2) is 6.79. The second-order valence-corrected chi connectivity index (χ2v) is 6.00. The van der Waals surface area contributed by atoms with E-state index >= 15 is 0 Å². The van der Waals surface area contributed by atoms with Gasteiger partial charge in [0, 0.05) is 30.4 Å². The number of benzene rings is 1. The minimum absolute atomic E-state index is 0.482. The molecule has 7 heteroatoms. The molecule has 0 bridgehead atoms. The number of hydrogen-bond acceptors (Lipinski definition) is 6. The first-order chi connectivity index (χ1) is 12.7. The Morgan fingerprint density at radius 3 is 2.69 bits per heavy atom. The Kier molecular flexibility index (Phi) is 4.18. The molecule has 7 nitrogen and oxygen atoms in total. The molecule has 4 rings (SSSR count). The smallest absolute Gasteiger partial charge is 0.138 e. The van der Waals surface area contributed by atoms with Crippen LogP contribution >= 0.6 is 0 Å². The van der Waals surface area contributed by atoms with Crippen molar-refractivity contribution in [1.82, 2.24) is 24.7 Å². The maximum absolute atomic E-state index is 5.87. The van der Waals surface area contributed by atoms with Crippen LogP contribution in [0.2, 0.25) is 0 Å². The van der Waals surface area contributed by atoms with E-state index in [2.05, 4.69) is 25.4 Å². The molecule has 4 aromatic rings. The third kappa shape index (κ3) is 3.46. The Bertz CT molecular complexity index is 1040. The number of aromatic nitrogens is 5. The summed E-state index contributed by atoms with van der Waals surface area (Å²) in [6.07, 6.45) is 9.00. The highest BCUT2D eigenvalue weighted by Crippen LogP contribution is 2.27. The van der Waals surface area contributed by atoms with Crippen LogP contribution in [0.15, 0.2) is 55.2 Å². The van der Waals surface area contributed by atoms with Gasteiger partial charge in [-0.2, -0.15) is 5.10 Å². The first-order valence-corrected chi connectivity index (χ1v) is 8.22. The maximum Gasteiger partial charge on any atom is 0.138 e. The fraction of sp³-hybridized carbons (Fsp3) is 0.158. The number of fused-ring (bicyclic) bond motifs is 1. The van der Waals surface area contributed by atoms with Crippen molar-refractivity contribution in [2.24, 2.45) is 7.05 Å². The van der Waals surface area contributed by atoms with Gasteiger partial charge in [-0.1, -0.05) is 0 Å². The van der Waals surface area contributed by atoms with Crippen molar-refractivity contribution in [3.63, 3.8) is 0 Å². The van der Waals surface area contributed by atoms with Crippen LogP contribution in [0.4, 0.5) is 11.5 Å². The van der Waals surface area contributed by atoms with Gasteiger partial charge in [0.1, 0.15) is 24.0 Å². The van der Waals surface area contributed by atoms with Gasteiger partial charge in [0.25, 0.3) is 0 Å². The summed E-state index contributed by atoms with van der Waals surface area (Å²) >= 11 is 0. The molecular formula is C19H18N6O. The van der Waals surface area contributed by atoms with Crippen LogP contribution < -0.4 is 10.1 Å². The molecule has 0 unspecified atom stereocenters. The standard InChI is InChI=1S/C19H18N6O/c1-13-21-9-16(10-22-13)24-19-18-4-3-17(7-15(18)5-6-20-19)26-12-14-8-23-25(2)11-14/h3-11H,12H2,1-2H3,(H,20,24). The minimum Gasteiger partial charge on any atom is -0.489 e. The molecule has 1 N–H and O–H groups in total. The Labute approximate surface area is 150 Å². The number of aryl methyl sites for hydroxylation is 2. The van der Waals surface area contributed by atoms with E-state index in [1.165, 1.54) is 0 Å². The molecule has 0 saturated carbocycles. The first-order valence-electron chi connectivity index (χ1n) is 8.22. The lowest BCUT2D eigenvalue weighted by Gasteiger charge is -2.10. The summed E-state index contributed by atoms with van der Waals surface area (Å²) in [5.41, 5.74) is 1.83. The maximum atomic E-state index is 5.87. The topological polar surface area (TPSA) is 77.8 Å². The van der Waals surface area contributed by atoms with Crippen molar-refractivity contribution in [2.75, 3.05) is 5.32 Å². The molecule has 0 aliphatic carbocycles. The van der Waals surface area contributed by atoms with E-state index in [0.717, 1.165) is 39.4 Å². The van der Waals surface area contributed by atoms with Crippen molar-refractivity contribution in [2.45, 2.75) is 13.5 Å². The lowest BCUT2D eigenvalue weighted by molar-refractivity contribution is 0.306. The van der Waals surface area contributed by atoms with E-state index in [0.29, 0.717) is 6.61 Å². The Hall–Kier alpha value is -3.48. The monoisotopic (exact) mass is 346 g/mol. The number of hydrogen-bond donors (Lipinski definition) is 1. The summed E-state index contributed by atoms with van der Waals surface area (Å²) in [4.78, 5) is 12.8. The molecule has 3 heterocycles. The van der Waals surface area contributed by atoms with Crippen LogP contribution in [0, 0.1) is 6.92 Å². The van der Waals surface area contributed by atoms with Gasteiger partial charge in [0.05, 0.1) is 24.3 Å². The van der Waals surface area contributed by atoms with Crippen LogP contribution in [-0.2, 0) is 13.7 Å². The van der Waals surface area contributed by atoms with Crippen LogP contribution in [0.5, 0.6) is 5.75 Å². The quantitative estimate of drug-likeness (QED) is 0.597. The van der Waals surface area contributed by atoms with E-state index in [1.54, 1.807) is 29.5 Å². The SMILES string of the molecule is Cc1ncc(Nc2nccc3cc(OCc4cnn(C)c4)ccc23)cn1. The largest absolute Gasteiger partial charge is 0.489 e. The Morgan fingerprint density at radius 2 is 1.92 bits per heavy atom. The summed E-state index contributed by atoms with van der Waals surface area (Å²) in [7, 11) is 1.89. The highest BCUT2D eigenvalue weighted by atomic mass is 16.5. The predicted molar refractivity (Wildman–Crippen MR) is 99.3 cm³/mol. The van der Waals surface area contributed by atoms with Crippen LogP contribution in [0.3, 0.4) is 0 Å². The fourth-order valence-electron chi connectivity index (χ4n) is 2.65. The van der Waals surface area contributed by atoms with Crippen molar-refractivity contribution in [1.29, 1.82) is 0 Å². The summed E-state index contributed by atoms with van der Waals surface area (Å²) < 4.78 is 7.63. The predicted octanol–water partition coefficient (Wildman–Crippen LogP) is 3.39. The van der Waals surface area contributed by atoms with Crippen molar-refractivity contribution in [3.8, 4) is 5.75 Å². The molecule has 0 fully saturated rings. The summed E-state index contributed by atoms with van der Waals surface area (Å²) in [5.74, 6) is 2.29. The van der Waals surface area contributed by atoms with Gasteiger partial charge >= 0.3 is 0 Å². The van der Waals surface area contributed by atoms with Gasteiger partial charge in [-0.05, 0) is 36.6 Å². The van der Waals surface area contributed by atoms with Gasteiger partial charge < -0.3 is 10.1 Å². The summed E-state index contributed by atoms with van der Waals surface area (Å²) in [5, 5.41) is 9.45. The zero-order valence-corrected chi connectivity index (χ0v) is 14.5. The normalized spacial score (nSPS) is 10.8. The van der Waals surface area contributed by atoms with Crippen molar-refractivity contribution in [3.05, 3.63) is 66.6 Å². The molecule has 0 aliphatic rings. The molecule has 26 heavy (non-hydrogen) atoms. The number of nitrogens with zero attached hydrogens (tertiary/aromatic N) is 5. The number of rotatable bonds is 5. The minimum atomic E-state index is 0.482. The van der Waals surface area contributed by atoms with E-state index in [9.17, 15) is 0 Å². The van der Waals surface area contributed by atoms with E-state index in [1.807, 2.05) is 44.4 Å². The molecule has 0 amide bonds. The third-order valence-corrected chi connectivity index (χ3v) is 3.94. The van der Waals surface area contributed by atoms with Crippen molar-refractivity contribution < 1.29 is 4.74 Å². The Balaban J connectivity index is 1.56. The van der Waals surface area contributed by atoms with E-state index < -0.39 is 0 Å². The molecule has 130 valence electrons. The zero-order valence-electron chi connectivity index (χ0n) is 14.5. The molecule has 1 aromatic carbocycles. The molecular weight excluding hydrogens is 328 g/mol. The summed E-state index contributed by atoms with van der Waals surface area (Å²) in [6.45, 7) is 2.34. The third-order valence-electron chi connectivity index (χ3n) is 3.94. The number of anilines is 2. The Morgan fingerprint density at radius 1 is 1.08 bits per heavy atom. The molecule has 0 saturated heterocycles. The first kappa shape index (κ1) is 16.0.